The van der Waals surface area contributed by atoms with E-state index in [1.807, 2.05) is 0 Å². The number of carbonyl (C=O) groups is 1. The number of hydrogen-bond acceptors (Lipinski definition) is 3. The highest BCUT2D eigenvalue weighted by atomic mass is 16.5. The maximum absolute atomic E-state index is 11.1. The number of carbonyl (C=O) groups excluding carboxylic acids is 1. The zero-order valence-corrected chi connectivity index (χ0v) is 7.06. The maximum Gasteiger partial charge on any atom is 0.409 e. The summed E-state index contributed by atoms with van der Waals surface area (Å²) in [7, 11) is 1.38. The Balaban J connectivity index is 2.07. The van der Waals surface area contributed by atoms with Crippen LogP contribution in [0.1, 0.15) is 12.8 Å². The number of aliphatic hydroxyl groups excluding tert-OH is 1. The van der Waals surface area contributed by atoms with Crippen molar-refractivity contribution in [3.8, 4) is 0 Å². The summed E-state index contributed by atoms with van der Waals surface area (Å²) in [5, 5.41) is 9.48. The van der Waals surface area contributed by atoms with E-state index in [0.29, 0.717) is 5.92 Å². The van der Waals surface area contributed by atoms with Gasteiger partial charge in [0.05, 0.1) is 19.3 Å². The number of aliphatic hydroxyl groups is 1. The van der Waals surface area contributed by atoms with E-state index in [4.69, 9.17) is 0 Å². The first-order valence-corrected chi connectivity index (χ1v) is 4.25. The van der Waals surface area contributed by atoms with Gasteiger partial charge in [0.25, 0.3) is 0 Å². The minimum atomic E-state index is -0.331. The molecule has 1 saturated carbocycles. The van der Waals surface area contributed by atoms with E-state index in [-0.39, 0.29) is 18.2 Å². The Kier molecular flexibility index (Phi) is 1.72. The Labute approximate surface area is 71.1 Å². The number of piperidine rings is 1. The van der Waals surface area contributed by atoms with Gasteiger partial charge in [-0.3, -0.25) is 0 Å². The summed E-state index contributed by atoms with van der Waals surface area (Å²) >= 11 is 0. The van der Waals surface area contributed by atoms with Crippen molar-refractivity contribution in [1.82, 2.24) is 4.90 Å². The van der Waals surface area contributed by atoms with Crippen molar-refractivity contribution < 1.29 is 14.6 Å². The van der Waals surface area contributed by atoms with Crippen LogP contribution in [0.15, 0.2) is 0 Å². The van der Waals surface area contributed by atoms with Crippen LogP contribution in [0.3, 0.4) is 0 Å². The van der Waals surface area contributed by atoms with Crippen molar-refractivity contribution in [2.24, 2.45) is 5.92 Å². The Morgan fingerprint density at radius 2 is 2.33 bits per heavy atom. The zero-order valence-electron chi connectivity index (χ0n) is 7.06. The SMILES string of the molecule is COC(=O)N1C[C@@H]2C[C@@H](O)[C@H]1C2. The van der Waals surface area contributed by atoms with Gasteiger partial charge >= 0.3 is 6.09 Å². The molecule has 1 N–H and O–H groups in total. The molecule has 4 nitrogen and oxygen atoms in total. The molecule has 2 aliphatic rings. The Hall–Kier alpha value is -0.770. The molecule has 0 aromatic carbocycles. The number of nitrogens with zero attached hydrogens (tertiary/aromatic N) is 1. The molecule has 0 unspecified atom stereocenters. The van der Waals surface area contributed by atoms with E-state index < -0.39 is 0 Å². The molecule has 68 valence electrons. The fraction of sp³-hybridized carbons (Fsp3) is 0.875. The van der Waals surface area contributed by atoms with Crippen molar-refractivity contribution in [3.05, 3.63) is 0 Å². The monoisotopic (exact) mass is 171 g/mol. The van der Waals surface area contributed by atoms with Gasteiger partial charge in [-0.2, -0.15) is 0 Å². The maximum atomic E-state index is 11.1. The fourth-order valence-electron chi connectivity index (χ4n) is 2.32. The first kappa shape index (κ1) is 7.86. The number of rotatable bonds is 0. The van der Waals surface area contributed by atoms with E-state index in [1.165, 1.54) is 7.11 Å². The van der Waals surface area contributed by atoms with E-state index in [0.717, 1.165) is 19.4 Å². The summed E-state index contributed by atoms with van der Waals surface area (Å²) in [5.74, 6) is 0.490. The van der Waals surface area contributed by atoms with Gasteiger partial charge in [-0.15, -0.1) is 0 Å². The van der Waals surface area contributed by atoms with Crippen LogP contribution in [0, 0.1) is 5.92 Å². The quantitative estimate of drug-likeness (QED) is 0.566. The van der Waals surface area contributed by atoms with Gasteiger partial charge in [0.15, 0.2) is 0 Å². The molecular formula is C8H13NO3. The lowest BCUT2D eigenvalue weighted by atomic mass is 10.1. The molecule has 0 radical (unpaired) electrons. The summed E-state index contributed by atoms with van der Waals surface area (Å²) < 4.78 is 4.61. The van der Waals surface area contributed by atoms with Crippen LogP contribution in [0.25, 0.3) is 0 Å². The van der Waals surface area contributed by atoms with E-state index in [9.17, 15) is 9.90 Å². The minimum Gasteiger partial charge on any atom is -0.453 e. The molecule has 3 atom stereocenters. The van der Waals surface area contributed by atoms with E-state index in [2.05, 4.69) is 4.74 Å². The molecule has 0 aromatic heterocycles. The molecular weight excluding hydrogens is 158 g/mol. The summed E-state index contributed by atoms with van der Waals surface area (Å²) in [6.07, 6.45) is 1.15. The zero-order chi connectivity index (χ0) is 8.72. The normalized spacial score (nSPS) is 38.8. The van der Waals surface area contributed by atoms with Crippen molar-refractivity contribution in [1.29, 1.82) is 0 Å². The largest absolute Gasteiger partial charge is 0.453 e. The number of methoxy groups -OCH3 is 1. The summed E-state index contributed by atoms with van der Waals surface area (Å²) in [5.41, 5.74) is 0. The first-order chi connectivity index (χ1) is 5.72. The predicted octanol–water partition coefficient (Wildman–Crippen LogP) is 0.208. The van der Waals surface area contributed by atoms with Crippen molar-refractivity contribution >= 4 is 6.09 Å². The van der Waals surface area contributed by atoms with Crippen molar-refractivity contribution in [2.45, 2.75) is 25.0 Å². The predicted molar refractivity (Wildman–Crippen MR) is 41.6 cm³/mol. The summed E-state index contributed by atoms with van der Waals surface area (Å²) in [6, 6.07) is 0.0162. The van der Waals surface area contributed by atoms with Crippen LogP contribution in [0.4, 0.5) is 4.79 Å². The number of amides is 1. The van der Waals surface area contributed by atoms with Gasteiger partial charge in [-0.25, -0.2) is 4.79 Å². The van der Waals surface area contributed by atoms with Crippen LogP contribution in [0.5, 0.6) is 0 Å². The lowest BCUT2D eigenvalue weighted by molar-refractivity contribution is 0.0476. The van der Waals surface area contributed by atoms with Crippen LogP contribution in [0.2, 0.25) is 0 Å². The second kappa shape index (κ2) is 2.62. The van der Waals surface area contributed by atoms with Crippen molar-refractivity contribution in [2.75, 3.05) is 13.7 Å². The van der Waals surface area contributed by atoms with Crippen LogP contribution in [-0.2, 0) is 4.74 Å². The highest BCUT2D eigenvalue weighted by Gasteiger charge is 2.46. The number of ether oxygens (including phenoxy) is 1. The number of likely N-dealkylation sites (tertiary alicyclic amines) is 1. The lowest BCUT2D eigenvalue weighted by Crippen LogP contribution is -2.44. The third-order valence-electron chi connectivity index (χ3n) is 2.86. The average molecular weight is 171 g/mol. The molecule has 2 bridgehead atoms. The molecule has 2 rings (SSSR count). The van der Waals surface area contributed by atoms with Gasteiger partial charge in [-0.05, 0) is 18.8 Å². The Bertz CT molecular complexity index is 206. The third-order valence-corrected chi connectivity index (χ3v) is 2.86. The van der Waals surface area contributed by atoms with Crippen LogP contribution >= 0.6 is 0 Å². The average Bonchev–Trinajstić information content (AvgIpc) is 2.60. The van der Waals surface area contributed by atoms with E-state index >= 15 is 0 Å². The minimum absolute atomic E-state index is 0.0162. The third kappa shape index (κ3) is 0.982. The molecule has 1 saturated heterocycles. The standard InChI is InChI=1S/C8H13NO3/c1-12-8(11)9-4-5-2-6(9)7(10)3-5/h5-7,10H,2-4H2,1H3/t5-,6+,7+/m0/s1. The molecule has 1 aliphatic carbocycles. The van der Waals surface area contributed by atoms with Crippen LogP contribution in [-0.4, -0.2) is 41.9 Å². The second-order valence-electron chi connectivity index (χ2n) is 3.59. The van der Waals surface area contributed by atoms with Crippen LogP contribution < -0.4 is 0 Å². The van der Waals surface area contributed by atoms with E-state index in [1.54, 1.807) is 4.90 Å². The summed E-state index contributed by atoms with van der Waals surface area (Å²) in [4.78, 5) is 12.8. The molecule has 1 heterocycles. The topological polar surface area (TPSA) is 49.8 Å². The number of fused-ring (bicyclic) bond motifs is 2. The fourth-order valence-corrected chi connectivity index (χ4v) is 2.32. The van der Waals surface area contributed by atoms with Gasteiger partial charge in [0.1, 0.15) is 0 Å². The second-order valence-corrected chi connectivity index (χ2v) is 3.59. The van der Waals surface area contributed by atoms with Gasteiger partial charge in [0.2, 0.25) is 0 Å². The molecule has 12 heavy (non-hydrogen) atoms. The molecule has 1 aliphatic heterocycles. The summed E-state index contributed by atoms with van der Waals surface area (Å²) in [6.45, 7) is 0.758. The highest BCUT2D eigenvalue weighted by molar-refractivity contribution is 5.68. The Morgan fingerprint density at radius 3 is 2.83 bits per heavy atom. The molecule has 0 aromatic rings. The highest BCUT2D eigenvalue weighted by Crippen LogP contribution is 2.37. The van der Waals surface area contributed by atoms with Gasteiger partial charge < -0.3 is 14.7 Å². The van der Waals surface area contributed by atoms with Gasteiger partial charge in [-0.1, -0.05) is 0 Å². The van der Waals surface area contributed by atoms with Gasteiger partial charge in [0, 0.05) is 6.54 Å². The molecule has 1 amide bonds. The smallest absolute Gasteiger partial charge is 0.409 e. The number of hydrogen-bond donors (Lipinski definition) is 1. The Morgan fingerprint density at radius 1 is 1.58 bits per heavy atom. The molecule has 0 spiro atoms. The molecule has 2 fully saturated rings. The lowest BCUT2D eigenvalue weighted by Gasteiger charge is -2.28. The first-order valence-electron chi connectivity index (χ1n) is 4.25. The van der Waals surface area contributed by atoms with Crippen molar-refractivity contribution in [3.63, 3.8) is 0 Å². The molecule has 4 heteroatoms.